The van der Waals surface area contributed by atoms with Crippen molar-refractivity contribution in [3.8, 4) is 5.69 Å². The molecule has 1 heterocycles. The lowest BCUT2D eigenvalue weighted by molar-refractivity contribution is 0.605. The molecule has 4 heteroatoms. The van der Waals surface area contributed by atoms with Crippen LogP contribution in [0, 0.1) is 13.8 Å². The summed E-state index contributed by atoms with van der Waals surface area (Å²) in [6, 6.07) is 7.82. The van der Waals surface area contributed by atoms with E-state index in [1.165, 1.54) is 11.3 Å². The van der Waals surface area contributed by atoms with Crippen LogP contribution in [0.3, 0.4) is 0 Å². The highest BCUT2D eigenvalue weighted by molar-refractivity contribution is 6.30. The normalized spacial score (nSPS) is 12.6. The van der Waals surface area contributed by atoms with Crippen molar-refractivity contribution in [2.24, 2.45) is 0 Å². The first kappa shape index (κ1) is 16.1. The van der Waals surface area contributed by atoms with Crippen molar-refractivity contribution in [2.45, 2.75) is 40.0 Å². The lowest BCUT2D eigenvalue weighted by atomic mass is 9.99. The van der Waals surface area contributed by atoms with Crippen LogP contribution < -0.4 is 5.32 Å². The van der Waals surface area contributed by atoms with Gasteiger partial charge in [-0.2, -0.15) is 5.10 Å². The lowest BCUT2D eigenvalue weighted by Gasteiger charge is -2.13. The van der Waals surface area contributed by atoms with Crippen LogP contribution in [0.1, 0.15) is 43.1 Å². The van der Waals surface area contributed by atoms with Gasteiger partial charge >= 0.3 is 0 Å². The first-order valence-electron chi connectivity index (χ1n) is 7.57. The zero-order chi connectivity index (χ0) is 15.4. The van der Waals surface area contributed by atoms with Gasteiger partial charge in [-0.25, -0.2) is 4.68 Å². The van der Waals surface area contributed by atoms with Crippen LogP contribution in [-0.4, -0.2) is 22.9 Å². The summed E-state index contributed by atoms with van der Waals surface area (Å²) in [5.74, 6) is 0.456. The predicted octanol–water partition coefficient (Wildman–Crippen LogP) is 4.25. The third kappa shape index (κ3) is 3.66. The van der Waals surface area contributed by atoms with E-state index in [1.54, 1.807) is 0 Å². The number of hydrogen-bond donors (Lipinski definition) is 1. The summed E-state index contributed by atoms with van der Waals surface area (Å²) in [5, 5.41) is 8.94. The molecule has 0 radical (unpaired) electrons. The van der Waals surface area contributed by atoms with E-state index in [2.05, 4.69) is 33.0 Å². The van der Waals surface area contributed by atoms with E-state index in [-0.39, 0.29) is 0 Å². The Bertz CT molecular complexity index is 587. The zero-order valence-electron chi connectivity index (χ0n) is 13.3. The maximum Gasteiger partial charge on any atom is 0.0649 e. The van der Waals surface area contributed by atoms with Crippen LogP contribution in [0.4, 0.5) is 0 Å². The van der Waals surface area contributed by atoms with E-state index in [4.69, 9.17) is 16.7 Å². The lowest BCUT2D eigenvalue weighted by Crippen LogP contribution is -2.21. The summed E-state index contributed by atoms with van der Waals surface area (Å²) >= 11 is 5.96. The van der Waals surface area contributed by atoms with Gasteiger partial charge in [-0.1, -0.05) is 25.4 Å². The molecule has 0 spiro atoms. The Balaban J connectivity index is 2.26. The molecule has 3 nitrogen and oxygen atoms in total. The maximum absolute atomic E-state index is 5.96. The Morgan fingerprint density at radius 2 is 1.90 bits per heavy atom. The van der Waals surface area contributed by atoms with Gasteiger partial charge in [0, 0.05) is 22.8 Å². The van der Waals surface area contributed by atoms with Crippen molar-refractivity contribution in [3.05, 3.63) is 46.2 Å². The molecule has 0 saturated carbocycles. The van der Waals surface area contributed by atoms with Crippen molar-refractivity contribution in [3.63, 3.8) is 0 Å². The molecular formula is C17H24ClN3. The number of benzene rings is 1. The van der Waals surface area contributed by atoms with E-state index < -0.39 is 0 Å². The maximum atomic E-state index is 5.96. The Kier molecular flexibility index (Phi) is 5.43. The summed E-state index contributed by atoms with van der Waals surface area (Å²) in [6.07, 6.45) is 1.16. The topological polar surface area (TPSA) is 29.9 Å². The van der Waals surface area contributed by atoms with E-state index in [1.807, 2.05) is 28.9 Å². The minimum Gasteiger partial charge on any atom is -0.316 e. The molecule has 1 unspecified atom stereocenters. The van der Waals surface area contributed by atoms with Crippen molar-refractivity contribution >= 4 is 11.6 Å². The Morgan fingerprint density at radius 1 is 1.24 bits per heavy atom. The van der Waals surface area contributed by atoms with Crippen LogP contribution >= 0.6 is 11.6 Å². The third-order valence-electron chi connectivity index (χ3n) is 3.79. The summed E-state index contributed by atoms with van der Waals surface area (Å²) in [7, 11) is 0. The molecule has 21 heavy (non-hydrogen) atoms. The number of nitrogens with one attached hydrogen (secondary N) is 1. The standard InChI is InChI=1S/C17H24ClN3/c1-5-10-19-11-12(2)17-13(3)20-21(14(17)4)16-8-6-15(18)7-9-16/h6-9,12,19H,5,10-11H2,1-4H3. The van der Waals surface area contributed by atoms with Crippen molar-refractivity contribution in [2.75, 3.05) is 13.1 Å². The smallest absolute Gasteiger partial charge is 0.0649 e. The van der Waals surface area contributed by atoms with E-state index in [9.17, 15) is 0 Å². The van der Waals surface area contributed by atoms with Gasteiger partial charge in [0.2, 0.25) is 0 Å². The molecule has 0 fully saturated rings. The monoisotopic (exact) mass is 305 g/mol. The van der Waals surface area contributed by atoms with Gasteiger partial charge in [-0.15, -0.1) is 0 Å². The molecular weight excluding hydrogens is 282 g/mol. The fourth-order valence-electron chi connectivity index (χ4n) is 2.80. The van der Waals surface area contributed by atoms with Crippen LogP contribution in [0.15, 0.2) is 24.3 Å². The van der Waals surface area contributed by atoms with Gasteiger partial charge in [0.25, 0.3) is 0 Å². The van der Waals surface area contributed by atoms with Gasteiger partial charge in [-0.3, -0.25) is 0 Å². The van der Waals surface area contributed by atoms with E-state index >= 15 is 0 Å². The summed E-state index contributed by atoms with van der Waals surface area (Å²) < 4.78 is 2.01. The molecule has 0 aliphatic heterocycles. The molecule has 1 aromatic carbocycles. The van der Waals surface area contributed by atoms with E-state index in [0.29, 0.717) is 5.92 Å². The number of aromatic nitrogens is 2. The van der Waals surface area contributed by atoms with Crippen LogP contribution in [0.25, 0.3) is 5.69 Å². The summed E-state index contributed by atoms with van der Waals surface area (Å²) in [6.45, 7) is 10.7. The van der Waals surface area contributed by atoms with Crippen molar-refractivity contribution in [1.29, 1.82) is 0 Å². The van der Waals surface area contributed by atoms with Crippen molar-refractivity contribution in [1.82, 2.24) is 15.1 Å². The predicted molar refractivity (Wildman–Crippen MR) is 89.6 cm³/mol. The molecule has 0 aliphatic carbocycles. The molecule has 114 valence electrons. The van der Waals surface area contributed by atoms with E-state index in [0.717, 1.165) is 35.9 Å². The van der Waals surface area contributed by atoms with Gasteiger partial charge in [-0.05, 0) is 57.0 Å². The second kappa shape index (κ2) is 7.10. The second-order valence-corrected chi connectivity index (χ2v) is 6.01. The van der Waals surface area contributed by atoms with Crippen molar-refractivity contribution < 1.29 is 0 Å². The van der Waals surface area contributed by atoms with Gasteiger partial charge in [0.15, 0.2) is 0 Å². The molecule has 0 bridgehead atoms. The number of nitrogens with zero attached hydrogens (tertiary/aromatic N) is 2. The highest BCUT2D eigenvalue weighted by atomic mass is 35.5. The molecule has 1 aromatic heterocycles. The molecule has 1 N–H and O–H groups in total. The first-order valence-corrected chi connectivity index (χ1v) is 7.95. The Labute approximate surface area is 132 Å². The highest BCUT2D eigenvalue weighted by Gasteiger charge is 2.18. The Hall–Kier alpha value is -1.32. The minimum absolute atomic E-state index is 0.456. The summed E-state index contributed by atoms with van der Waals surface area (Å²) in [4.78, 5) is 0. The minimum atomic E-state index is 0.456. The number of aryl methyl sites for hydroxylation is 1. The van der Waals surface area contributed by atoms with Crippen LogP contribution in [0.5, 0.6) is 0 Å². The van der Waals surface area contributed by atoms with Gasteiger partial charge in [0.05, 0.1) is 11.4 Å². The average Bonchev–Trinajstić information content (AvgIpc) is 2.75. The highest BCUT2D eigenvalue weighted by Crippen LogP contribution is 2.25. The largest absolute Gasteiger partial charge is 0.316 e. The quantitative estimate of drug-likeness (QED) is 0.809. The third-order valence-corrected chi connectivity index (χ3v) is 4.04. The van der Waals surface area contributed by atoms with Gasteiger partial charge < -0.3 is 5.32 Å². The van der Waals surface area contributed by atoms with Gasteiger partial charge in [0.1, 0.15) is 0 Å². The molecule has 1 atom stereocenters. The molecule has 2 rings (SSSR count). The first-order chi connectivity index (χ1) is 10.0. The van der Waals surface area contributed by atoms with Crippen LogP contribution in [-0.2, 0) is 0 Å². The number of hydrogen-bond acceptors (Lipinski definition) is 2. The number of rotatable bonds is 6. The molecule has 2 aromatic rings. The number of halogens is 1. The Morgan fingerprint density at radius 3 is 2.52 bits per heavy atom. The fourth-order valence-corrected chi connectivity index (χ4v) is 2.93. The SMILES string of the molecule is CCCNCC(C)c1c(C)nn(-c2ccc(Cl)cc2)c1C. The molecule has 0 aliphatic rings. The van der Waals surface area contributed by atoms with Crippen LogP contribution in [0.2, 0.25) is 5.02 Å². The second-order valence-electron chi connectivity index (χ2n) is 5.58. The average molecular weight is 306 g/mol. The fraction of sp³-hybridized carbons (Fsp3) is 0.471. The zero-order valence-corrected chi connectivity index (χ0v) is 14.0. The molecule has 0 saturated heterocycles. The summed E-state index contributed by atoms with van der Waals surface area (Å²) in [5.41, 5.74) is 4.71. The molecule has 0 amide bonds.